The third-order valence-corrected chi connectivity index (χ3v) is 4.99. The van der Waals surface area contributed by atoms with Gasteiger partial charge in [-0.25, -0.2) is 13.6 Å². The third-order valence-electron chi connectivity index (χ3n) is 3.97. The van der Waals surface area contributed by atoms with Gasteiger partial charge in [-0.05, 0) is 32.6 Å². The van der Waals surface area contributed by atoms with Gasteiger partial charge in [0.1, 0.15) is 10.7 Å². The lowest BCUT2D eigenvalue weighted by Crippen LogP contribution is -2.43. The summed E-state index contributed by atoms with van der Waals surface area (Å²) in [6.07, 6.45) is 2.81. The molecule has 23 heavy (non-hydrogen) atoms. The molecule has 1 aliphatic heterocycles. The van der Waals surface area contributed by atoms with Gasteiger partial charge in [0.25, 0.3) is 5.91 Å². The average molecular weight is 344 g/mol. The number of nitrogens with zero attached hydrogens (tertiary/aromatic N) is 1. The number of rotatable bonds is 5. The zero-order chi connectivity index (χ0) is 17.2. The second-order valence-corrected chi connectivity index (χ2v) is 7.19. The van der Waals surface area contributed by atoms with Crippen LogP contribution in [0.15, 0.2) is 15.4 Å². The van der Waals surface area contributed by atoms with Crippen LogP contribution in [0.2, 0.25) is 0 Å². The molecule has 1 aromatic heterocycles. The Morgan fingerprint density at radius 1 is 1.43 bits per heavy atom. The summed E-state index contributed by atoms with van der Waals surface area (Å²) in [7, 11) is -3.95. The van der Waals surface area contributed by atoms with Crippen molar-refractivity contribution >= 4 is 21.9 Å². The Labute approximate surface area is 134 Å². The molecule has 1 unspecified atom stereocenters. The number of carbonyl (C=O) groups is 2. The number of carboxylic acids is 1. The molecule has 128 valence electrons. The molecule has 0 aliphatic carbocycles. The fraction of sp³-hybridized carbons (Fsp3) is 0.571. The molecule has 0 radical (unpaired) electrons. The molecule has 8 nitrogen and oxygen atoms in total. The molecule has 1 aromatic rings. The number of hydrogen-bond acceptors (Lipinski definition) is 5. The topological polar surface area (TPSA) is 131 Å². The molecule has 0 aromatic carbocycles. The molecule has 0 saturated carbocycles. The van der Waals surface area contributed by atoms with Gasteiger partial charge in [0, 0.05) is 25.1 Å². The van der Waals surface area contributed by atoms with Gasteiger partial charge in [0.15, 0.2) is 5.76 Å². The summed E-state index contributed by atoms with van der Waals surface area (Å²) in [5.41, 5.74) is 0. The molecule has 9 heteroatoms. The number of carbonyl (C=O) groups excluding carboxylic acids is 1. The number of aliphatic carboxylic acids is 1. The maximum Gasteiger partial charge on any atom is 0.303 e. The van der Waals surface area contributed by atoms with E-state index in [9.17, 15) is 18.0 Å². The first-order valence-corrected chi connectivity index (χ1v) is 8.91. The highest BCUT2D eigenvalue weighted by atomic mass is 32.2. The lowest BCUT2D eigenvalue weighted by Gasteiger charge is -2.35. The Kier molecular flexibility index (Phi) is 5.10. The maximum absolute atomic E-state index is 12.6. The molecule has 1 aliphatic rings. The third kappa shape index (κ3) is 4.11. The fourth-order valence-corrected chi connectivity index (χ4v) is 3.57. The van der Waals surface area contributed by atoms with Crippen LogP contribution in [-0.4, -0.2) is 42.9 Å². The molecule has 0 spiro atoms. The lowest BCUT2D eigenvalue weighted by atomic mass is 9.97. The fourth-order valence-electron chi connectivity index (χ4n) is 2.85. The van der Waals surface area contributed by atoms with Crippen LogP contribution in [-0.2, 0) is 14.8 Å². The van der Waals surface area contributed by atoms with Gasteiger partial charge in [-0.3, -0.25) is 9.59 Å². The lowest BCUT2D eigenvalue weighted by molar-refractivity contribution is -0.137. The van der Waals surface area contributed by atoms with Gasteiger partial charge >= 0.3 is 5.97 Å². The maximum atomic E-state index is 12.6. The summed E-state index contributed by atoms with van der Waals surface area (Å²) in [6, 6.07) is 0.950. The van der Waals surface area contributed by atoms with Gasteiger partial charge in [-0.15, -0.1) is 0 Å². The molecular weight excluding hydrogens is 324 g/mol. The Morgan fingerprint density at radius 3 is 2.70 bits per heavy atom. The zero-order valence-corrected chi connectivity index (χ0v) is 13.6. The van der Waals surface area contributed by atoms with Crippen molar-refractivity contribution in [1.82, 2.24) is 4.90 Å². The van der Waals surface area contributed by atoms with E-state index in [0.29, 0.717) is 13.0 Å². The van der Waals surface area contributed by atoms with Crippen LogP contribution < -0.4 is 5.14 Å². The van der Waals surface area contributed by atoms with Crippen molar-refractivity contribution in [2.24, 2.45) is 5.14 Å². The van der Waals surface area contributed by atoms with Crippen molar-refractivity contribution in [1.29, 1.82) is 0 Å². The van der Waals surface area contributed by atoms with Gasteiger partial charge in [0.05, 0.1) is 0 Å². The van der Waals surface area contributed by atoms with Gasteiger partial charge < -0.3 is 14.4 Å². The zero-order valence-electron chi connectivity index (χ0n) is 12.8. The first-order valence-electron chi connectivity index (χ1n) is 7.36. The quantitative estimate of drug-likeness (QED) is 0.822. The van der Waals surface area contributed by atoms with Crippen molar-refractivity contribution in [3.05, 3.63) is 17.6 Å². The van der Waals surface area contributed by atoms with Crippen molar-refractivity contribution < 1.29 is 27.5 Å². The molecule has 1 fully saturated rings. The Bertz CT molecular complexity index is 709. The van der Waals surface area contributed by atoms with Gasteiger partial charge in [-0.1, -0.05) is 0 Å². The van der Waals surface area contributed by atoms with Crippen molar-refractivity contribution in [2.45, 2.75) is 50.0 Å². The number of aryl methyl sites for hydroxylation is 1. The van der Waals surface area contributed by atoms with E-state index in [2.05, 4.69) is 0 Å². The van der Waals surface area contributed by atoms with Crippen molar-refractivity contribution in [2.75, 3.05) is 6.54 Å². The van der Waals surface area contributed by atoms with Gasteiger partial charge in [0.2, 0.25) is 10.0 Å². The van der Waals surface area contributed by atoms with E-state index in [1.54, 1.807) is 4.90 Å². The highest BCUT2D eigenvalue weighted by Gasteiger charge is 2.31. The van der Waals surface area contributed by atoms with E-state index >= 15 is 0 Å². The first kappa shape index (κ1) is 17.5. The van der Waals surface area contributed by atoms with E-state index in [0.717, 1.165) is 25.3 Å². The van der Waals surface area contributed by atoms with Crippen molar-refractivity contribution in [3.8, 4) is 0 Å². The first-order chi connectivity index (χ1) is 10.7. The molecule has 0 bridgehead atoms. The minimum absolute atomic E-state index is 0.0198. The minimum atomic E-state index is -3.95. The van der Waals surface area contributed by atoms with Crippen LogP contribution >= 0.6 is 0 Å². The van der Waals surface area contributed by atoms with Crippen LogP contribution in [0.4, 0.5) is 0 Å². The molecule has 2 heterocycles. The summed E-state index contributed by atoms with van der Waals surface area (Å²) in [5, 5.41) is 13.9. The Morgan fingerprint density at radius 2 is 2.13 bits per heavy atom. The number of nitrogens with two attached hydrogens (primary N) is 1. The molecule has 3 N–H and O–H groups in total. The summed E-state index contributed by atoms with van der Waals surface area (Å²) in [6.45, 7) is 1.92. The van der Waals surface area contributed by atoms with E-state index < -0.39 is 21.9 Å². The van der Waals surface area contributed by atoms with Crippen LogP contribution in [0, 0.1) is 6.92 Å². The standard InChI is InChI=1S/C14H20N2O6S/c1-9-12(23(15,20)21)8-11(22-9)14(19)16-7-3-2-4-10(16)5-6-13(17)18/h8,10H,2-7H2,1H3,(H,17,18)(H2,15,20,21). The number of sulfonamides is 1. The summed E-state index contributed by atoms with van der Waals surface area (Å²) < 4.78 is 28.1. The highest BCUT2D eigenvalue weighted by molar-refractivity contribution is 7.89. The Hall–Kier alpha value is -1.87. The Balaban J connectivity index is 2.22. The second-order valence-electron chi connectivity index (χ2n) is 5.66. The number of amides is 1. The number of primary sulfonamides is 1. The molecule has 2 rings (SSSR count). The normalized spacial score (nSPS) is 18.9. The van der Waals surface area contributed by atoms with E-state index in [4.69, 9.17) is 14.7 Å². The molecule has 1 saturated heterocycles. The van der Waals surface area contributed by atoms with Crippen LogP contribution in [0.1, 0.15) is 48.4 Å². The monoisotopic (exact) mass is 344 g/mol. The summed E-state index contributed by atoms with van der Waals surface area (Å²) >= 11 is 0. The summed E-state index contributed by atoms with van der Waals surface area (Å²) in [4.78, 5) is 24.7. The highest BCUT2D eigenvalue weighted by Crippen LogP contribution is 2.26. The number of piperidine rings is 1. The molecular formula is C14H20N2O6S. The van der Waals surface area contributed by atoms with E-state index in [1.165, 1.54) is 6.92 Å². The van der Waals surface area contributed by atoms with Gasteiger partial charge in [-0.2, -0.15) is 0 Å². The predicted octanol–water partition coefficient (Wildman–Crippen LogP) is 1.09. The minimum Gasteiger partial charge on any atom is -0.481 e. The predicted molar refractivity (Wildman–Crippen MR) is 80.4 cm³/mol. The van der Waals surface area contributed by atoms with E-state index in [1.807, 2.05) is 0 Å². The van der Waals surface area contributed by atoms with Crippen LogP contribution in [0.5, 0.6) is 0 Å². The largest absolute Gasteiger partial charge is 0.481 e. The second kappa shape index (κ2) is 6.71. The summed E-state index contributed by atoms with van der Waals surface area (Å²) in [5.74, 6) is -1.37. The SMILES string of the molecule is Cc1oc(C(=O)N2CCCCC2CCC(=O)O)cc1S(N)(=O)=O. The molecule has 1 amide bonds. The number of likely N-dealkylation sites (tertiary alicyclic amines) is 1. The van der Waals surface area contributed by atoms with Crippen LogP contribution in [0.3, 0.4) is 0 Å². The van der Waals surface area contributed by atoms with Crippen LogP contribution in [0.25, 0.3) is 0 Å². The molecule has 1 atom stereocenters. The number of hydrogen-bond donors (Lipinski definition) is 2. The smallest absolute Gasteiger partial charge is 0.303 e. The van der Waals surface area contributed by atoms with E-state index in [-0.39, 0.29) is 28.9 Å². The van der Waals surface area contributed by atoms with Crippen molar-refractivity contribution in [3.63, 3.8) is 0 Å². The number of carboxylic acid groups (broad SMARTS) is 1. The number of furan rings is 1. The average Bonchev–Trinajstić information content (AvgIpc) is 2.86.